The molecule has 0 saturated heterocycles. The maximum Gasteiger partial charge on any atom is 0.275 e. The molecule has 6 nitrogen and oxygen atoms in total. The fraction of sp³-hybridized carbons (Fsp3) is 0.120. The number of aromatic nitrogens is 2. The smallest absolute Gasteiger partial charge is 0.271 e. The molecule has 31 heavy (non-hydrogen) atoms. The number of hydrazone groups is 1. The van der Waals surface area contributed by atoms with E-state index < -0.39 is 5.91 Å². The lowest BCUT2D eigenvalue weighted by atomic mass is 10.0. The van der Waals surface area contributed by atoms with Gasteiger partial charge in [-0.05, 0) is 25.5 Å². The highest BCUT2D eigenvalue weighted by Gasteiger charge is 2.14. The lowest BCUT2D eigenvalue weighted by Gasteiger charge is -2.11. The molecule has 4 aromatic rings. The van der Waals surface area contributed by atoms with Crippen LogP contribution >= 0.6 is 0 Å². The minimum absolute atomic E-state index is 0.228. The molecule has 1 aromatic heterocycles. The van der Waals surface area contributed by atoms with E-state index in [9.17, 15) is 9.59 Å². The van der Waals surface area contributed by atoms with Gasteiger partial charge < -0.3 is 0 Å². The van der Waals surface area contributed by atoms with Crippen molar-refractivity contribution >= 4 is 22.4 Å². The molecule has 0 fully saturated rings. The molecule has 0 aliphatic rings. The predicted molar refractivity (Wildman–Crippen MR) is 123 cm³/mol. The summed E-state index contributed by atoms with van der Waals surface area (Å²) in [6.07, 6.45) is 0. The van der Waals surface area contributed by atoms with Gasteiger partial charge in [-0.1, -0.05) is 78.4 Å². The summed E-state index contributed by atoms with van der Waals surface area (Å²) in [7, 11) is 0. The van der Waals surface area contributed by atoms with Crippen molar-refractivity contribution in [2.45, 2.75) is 20.4 Å². The van der Waals surface area contributed by atoms with Crippen LogP contribution in [0, 0.1) is 6.92 Å². The van der Waals surface area contributed by atoms with E-state index in [1.165, 1.54) is 4.68 Å². The number of carbonyl (C=O) groups excluding carboxylic acids is 1. The Labute approximate surface area is 179 Å². The van der Waals surface area contributed by atoms with E-state index in [2.05, 4.69) is 15.6 Å². The van der Waals surface area contributed by atoms with Crippen molar-refractivity contribution in [3.05, 3.63) is 100 Å². The van der Waals surface area contributed by atoms with E-state index >= 15 is 0 Å². The molecular formula is C25H22N4O2. The maximum atomic E-state index is 12.9. The van der Waals surface area contributed by atoms with E-state index in [0.717, 1.165) is 22.1 Å². The van der Waals surface area contributed by atoms with Gasteiger partial charge in [-0.15, -0.1) is 0 Å². The summed E-state index contributed by atoms with van der Waals surface area (Å²) in [5.74, 6) is -0.421. The lowest BCUT2D eigenvalue weighted by Crippen LogP contribution is -2.32. The summed E-state index contributed by atoms with van der Waals surface area (Å²) in [4.78, 5) is 25.5. The monoisotopic (exact) mass is 410 g/mol. The van der Waals surface area contributed by atoms with Crippen LogP contribution in [0.1, 0.15) is 18.1 Å². The van der Waals surface area contributed by atoms with Crippen LogP contribution in [0.15, 0.2) is 88.8 Å². The molecule has 154 valence electrons. The number of aryl methyl sites for hydroxylation is 1. The molecule has 0 spiro atoms. The third-order valence-electron chi connectivity index (χ3n) is 5.03. The Balaban J connectivity index is 1.66. The van der Waals surface area contributed by atoms with Gasteiger partial charge in [0.15, 0.2) is 0 Å². The van der Waals surface area contributed by atoms with Gasteiger partial charge in [0.1, 0.15) is 6.54 Å². The standard InChI is InChI=1S/C25H22N4O2/c1-17-12-14-20(15-13-17)24-21-10-6-7-11-22(21)25(31)29(28-24)16-23(30)27-26-18(2)19-8-4-3-5-9-19/h3-15H,16H2,1-2H3,(H,27,30)/b26-18+. The van der Waals surface area contributed by atoms with Gasteiger partial charge in [0, 0.05) is 10.9 Å². The second-order valence-electron chi connectivity index (χ2n) is 7.32. The first kappa shape index (κ1) is 20.2. The van der Waals surface area contributed by atoms with Crippen molar-refractivity contribution in [1.82, 2.24) is 15.2 Å². The van der Waals surface area contributed by atoms with Crippen molar-refractivity contribution in [1.29, 1.82) is 0 Å². The van der Waals surface area contributed by atoms with Crippen molar-refractivity contribution in [2.24, 2.45) is 5.10 Å². The molecule has 0 bridgehead atoms. The summed E-state index contributed by atoms with van der Waals surface area (Å²) >= 11 is 0. The van der Waals surface area contributed by atoms with Crippen LogP contribution in [0.3, 0.4) is 0 Å². The van der Waals surface area contributed by atoms with E-state index in [1.54, 1.807) is 12.1 Å². The van der Waals surface area contributed by atoms with E-state index in [1.807, 2.05) is 80.6 Å². The minimum atomic E-state index is -0.421. The van der Waals surface area contributed by atoms with E-state index in [4.69, 9.17) is 0 Å². The van der Waals surface area contributed by atoms with Crippen LogP contribution in [-0.4, -0.2) is 21.4 Å². The SMILES string of the molecule is C/C(=N\NC(=O)Cn1nc(-c2ccc(C)cc2)c2ccccc2c1=O)c1ccccc1. The number of nitrogens with one attached hydrogen (secondary N) is 1. The van der Waals surface area contributed by atoms with Crippen molar-refractivity contribution in [3.63, 3.8) is 0 Å². The van der Waals surface area contributed by atoms with Crippen LogP contribution in [0.5, 0.6) is 0 Å². The van der Waals surface area contributed by atoms with Gasteiger partial charge in [-0.25, -0.2) is 10.1 Å². The van der Waals surface area contributed by atoms with Crippen LogP contribution in [-0.2, 0) is 11.3 Å². The van der Waals surface area contributed by atoms with Gasteiger partial charge in [-0.3, -0.25) is 9.59 Å². The molecule has 0 atom stereocenters. The second-order valence-corrected chi connectivity index (χ2v) is 7.32. The third kappa shape index (κ3) is 4.43. The van der Waals surface area contributed by atoms with Crippen molar-refractivity contribution in [2.75, 3.05) is 0 Å². The number of carbonyl (C=O) groups is 1. The summed E-state index contributed by atoms with van der Waals surface area (Å²) < 4.78 is 1.19. The molecule has 1 N–H and O–H groups in total. The Morgan fingerprint density at radius 1 is 0.935 bits per heavy atom. The summed E-state index contributed by atoms with van der Waals surface area (Å²) in [6, 6.07) is 24.8. The van der Waals surface area contributed by atoms with Crippen molar-refractivity contribution in [3.8, 4) is 11.3 Å². The molecular weight excluding hydrogens is 388 g/mol. The van der Waals surface area contributed by atoms with Crippen LogP contribution < -0.4 is 11.0 Å². The third-order valence-corrected chi connectivity index (χ3v) is 5.03. The summed E-state index contributed by atoms with van der Waals surface area (Å²) in [5, 5.41) is 9.94. The van der Waals surface area contributed by atoms with Gasteiger partial charge in [0.25, 0.3) is 11.5 Å². The fourth-order valence-electron chi connectivity index (χ4n) is 3.33. The van der Waals surface area contributed by atoms with Crippen LogP contribution in [0.2, 0.25) is 0 Å². The molecule has 0 aliphatic heterocycles. The molecule has 6 heteroatoms. The average molecular weight is 410 g/mol. The zero-order valence-electron chi connectivity index (χ0n) is 17.4. The quantitative estimate of drug-likeness (QED) is 0.400. The first-order valence-electron chi connectivity index (χ1n) is 9.98. The minimum Gasteiger partial charge on any atom is -0.271 e. The highest BCUT2D eigenvalue weighted by Crippen LogP contribution is 2.24. The predicted octanol–water partition coefficient (Wildman–Crippen LogP) is 3.91. The zero-order valence-corrected chi connectivity index (χ0v) is 17.4. The van der Waals surface area contributed by atoms with Gasteiger partial charge in [0.2, 0.25) is 0 Å². The Hall–Kier alpha value is -4.06. The number of fused-ring (bicyclic) bond motifs is 1. The number of rotatable bonds is 5. The van der Waals surface area contributed by atoms with Gasteiger partial charge in [-0.2, -0.15) is 10.2 Å². The lowest BCUT2D eigenvalue weighted by molar-refractivity contribution is -0.121. The Morgan fingerprint density at radius 2 is 1.58 bits per heavy atom. The van der Waals surface area contributed by atoms with E-state index in [-0.39, 0.29) is 12.1 Å². The maximum absolute atomic E-state index is 12.9. The molecule has 0 radical (unpaired) electrons. The second kappa shape index (κ2) is 8.75. The van der Waals surface area contributed by atoms with E-state index in [0.29, 0.717) is 16.8 Å². The first-order chi connectivity index (χ1) is 15.0. The molecule has 1 heterocycles. The number of hydrogen-bond acceptors (Lipinski definition) is 4. The van der Waals surface area contributed by atoms with Crippen LogP contribution in [0.25, 0.3) is 22.0 Å². The van der Waals surface area contributed by atoms with Gasteiger partial charge in [0.05, 0.1) is 16.8 Å². The molecule has 0 saturated carbocycles. The normalized spacial score (nSPS) is 11.5. The molecule has 3 aromatic carbocycles. The van der Waals surface area contributed by atoms with Crippen molar-refractivity contribution < 1.29 is 4.79 Å². The topological polar surface area (TPSA) is 76.3 Å². The van der Waals surface area contributed by atoms with Gasteiger partial charge >= 0.3 is 0 Å². The summed E-state index contributed by atoms with van der Waals surface area (Å²) in [6.45, 7) is 3.60. The molecule has 0 unspecified atom stereocenters. The summed E-state index contributed by atoms with van der Waals surface area (Å²) in [5.41, 5.74) is 6.46. The molecule has 4 rings (SSSR count). The average Bonchev–Trinajstić information content (AvgIpc) is 2.80. The van der Waals surface area contributed by atoms with Crippen LogP contribution in [0.4, 0.5) is 0 Å². The highest BCUT2D eigenvalue weighted by molar-refractivity contribution is 5.99. The number of benzene rings is 3. The molecule has 0 aliphatic carbocycles. The largest absolute Gasteiger partial charge is 0.275 e. The molecule has 1 amide bonds. The first-order valence-corrected chi connectivity index (χ1v) is 9.98. The Kier molecular flexibility index (Phi) is 5.71. The number of nitrogens with zero attached hydrogens (tertiary/aromatic N) is 3. The Morgan fingerprint density at radius 3 is 2.29 bits per heavy atom. The fourth-order valence-corrected chi connectivity index (χ4v) is 3.33. The number of hydrogen-bond donors (Lipinski definition) is 1. The zero-order chi connectivity index (χ0) is 21.8. The Bertz CT molecular complexity index is 1320. The highest BCUT2D eigenvalue weighted by atomic mass is 16.2. The number of amides is 1.